The predicted molar refractivity (Wildman–Crippen MR) is 98.0 cm³/mol. The Morgan fingerprint density at radius 1 is 0.885 bits per heavy atom. The van der Waals surface area contributed by atoms with Gasteiger partial charge in [0.25, 0.3) is 5.91 Å². The Bertz CT molecular complexity index is 754. The largest absolute Gasteiger partial charge is 0.459 e. The third kappa shape index (κ3) is 5.66. The van der Waals surface area contributed by atoms with Crippen LogP contribution in [0.1, 0.15) is 31.3 Å². The number of urea groups is 1. The van der Waals surface area contributed by atoms with Crippen molar-refractivity contribution in [3.63, 3.8) is 0 Å². The molecule has 1 heterocycles. The average Bonchev–Trinajstić information content (AvgIpc) is 3.10. The molecule has 0 aliphatic rings. The highest BCUT2D eigenvalue weighted by Crippen LogP contribution is 2.14. The fourth-order valence-corrected chi connectivity index (χ4v) is 2.06. The summed E-state index contributed by atoms with van der Waals surface area (Å²) in [7, 11) is 0. The third-order valence-electron chi connectivity index (χ3n) is 3.32. The summed E-state index contributed by atoms with van der Waals surface area (Å²) in [6.45, 7) is 5.30. The van der Waals surface area contributed by atoms with Gasteiger partial charge in [-0.3, -0.25) is 9.59 Å². The molecule has 1 aromatic carbocycles. The third-order valence-corrected chi connectivity index (χ3v) is 3.32. The molecule has 0 fully saturated rings. The smallest absolute Gasteiger partial charge is 0.319 e. The summed E-state index contributed by atoms with van der Waals surface area (Å²) in [6.07, 6.45) is 1.39. The van der Waals surface area contributed by atoms with Crippen LogP contribution in [0, 0.1) is 0 Å². The van der Waals surface area contributed by atoms with E-state index < -0.39 is 11.9 Å². The van der Waals surface area contributed by atoms with Crippen LogP contribution in [0.15, 0.2) is 47.1 Å². The molecule has 2 rings (SSSR count). The second-order valence-corrected chi connectivity index (χ2v) is 5.99. The number of anilines is 2. The molecule has 0 saturated carbocycles. The van der Waals surface area contributed by atoms with Crippen LogP contribution in [0.4, 0.5) is 16.2 Å². The fourth-order valence-electron chi connectivity index (χ4n) is 2.06. The number of nitrogens with one attached hydrogen (secondary N) is 4. The highest BCUT2D eigenvalue weighted by molar-refractivity contribution is 6.00. The summed E-state index contributed by atoms with van der Waals surface area (Å²) in [5, 5.41) is 10.6. The molecule has 0 aliphatic carbocycles. The van der Waals surface area contributed by atoms with Gasteiger partial charge in [0.15, 0.2) is 5.76 Å². The van der Waals surface area contributed by atoms with Gasteiger partial charge in [0.05, 0.1) is 6.26 Å². The molecule has 1 unspecified atom stereocenters. The minimum Gasteiger partial charge on any atom is -0.459 e. The van der Waals surface area contributed by atoms with Crippen LogP contribution in [0.5, 0.6) is 0 Å². The van der Waals surface area contributed by atoms with Gasteiger partial charge in [-0.05, 0) is 57.2 Å². The quantitative estimate of drug-likeness (QED) is 0.636. The Morgan fingerprint density at radius 3 is 2.04 bits per heavy atom. The normalized spacial score (nSPS) is 11.5. The summed E-state index contributed by atoms with van der Waals surface area (Å²) < 4.78 is 4.98. The Morgan fingerprint density at radius 2 is 1.50 bits per heavy atom. The molecule has 8 nitrogen and oxygen atoms in total. The molecule has 138 valence electrons. The molecule has 26 heavy (non-hydrogen) atoms. The number of rotatable bonds is 6. The van der Waals surface area contributed by atoms with Crippen LogP contribution >= 0.6 is 0 Å². The van der Waals surface area contributed by atoms with Gasteiger partial charge in [-0.2, -0.15) is 0 Å². The summed E-state index contributed by atoms with van der Waals surface area (Å²) >= 11 is 0. The lowest BCUT2D eigenvalue weighted by Crippen LogP contribution is -2.41. The van der Waals surface area contributed by atoms with E-state index in [2.05, 4.69) is 21.3 Å². The molecule has 0 saturated heterocycles. The number of amides is 4. The topological polar surface area (TPSA) is 112 Å². The van der Waals surface area contributed by atoms with E-state index in [9.17, 15) is 14.4 Å². The van der Waals surface area contributed by atoms with Crippen LogP contribution in [0.3, 0.4) is 0 Å². The lowest BCUT2D eigenvalue weighted by atomic mass is 10.2. The molecule has 0 spiro atoms. The summed E-state index contributed by atoms with van der Waals surface area (Å²) in [4.78, 5) is 35.7. The van der Waals surface area contributed by atoms with Crippen molar-refractivity contribution in [3.8, 4) is 0 Å². The van der Waals surface area contributed by atoms with E-state index in [0.717, 1.165) is 0 Å². The van der Waals surface area contributed by atoms with Crippen LogP contribution in [-0.4, -0.2) is 29.9 Å². The van der Waals surface area contributed by atoms with E-state index in [1.807, 2.05) is 13.8 Å². The standard InChI is InChI=1S/C18H22N4O4/c1-11(2)19-18(25)22-14-8-6-13(7-9-14)21-16(23)12(3)20-17(24)15-5-4-10-26-15/h4-12H,1-3H3,(H,20,24)(H,21,23)(H2,19,22,25). The summed E-state index contributed by atoms with van der Waals surface area (Å²) in [5.74, 6) is -0.698. The predicted octanol–water partition coefficient (Wildman–Crippen LogP) is 2.57. The van der Waals surface area contributed by atoms with Gasteiger partial charge in [0.2, 0.25) is 5.91 Å². The molecule has 0 radical (unpaired) electrons. The molecule has 0 aliphatic heterocycles. The van der Waals surface area contributed by atoms with Crippen molar-refractivity contribution in [1.82, 2.24) is 10.6 Å². The average molecular weight is 358 g/mol. The fraction of sp³-hybridized carbons (Fsp3) is 0.278. The molecule has 4 amide bonds. The molecule has 0 bridgehead atoms. The van der Waals surface area contributed by atoms with Crippen molar-refractivity contribution in [2.75, 3.05) is 10.6 Å². The monoisotopic (exact) mass is 358 g/mol. The van der Waals surface area contributed by atoms with E-state index in [1.54, 1.807) is 37.3 Å². The first-order valence-corrected chi connectivity index (χ1v) is 8.18. The Hall–Kier alpha value is -3.29. The first kappa shape index (κ1) is 19.0. The zero-order chi connectivity index (χ0) is 19.1. The van der Waals surface area contributed by atoms with Crippen LogP contribution in [0.25, 0.3) is 0 Å². The summed E-state index contributed by atoms with van der Waals surface area (Å²) in [6, 6.07) is 8.74. The van der Waals surface area contributed by atoms with E-state index >= 15 is 0 Å². The van der Waals surface area contributed by atoms with Gasteiger partial charge in [0, 0.05) is 17.4 Å². The lowest BCUT2D eigenvalue weighted by molar-refractivity contribution is -0.117. The van der Waals surface area contributed by atoms with Crippen molar-refractivity contribution in [2.45, 2.75) is 32.9 Å². The maximum Gasteiger partial charge on any atom is 0.319 e. The van der Waals surface area contributed by atoms with Crippen molar-refractivity contribution in [3.05, 3.63) is 48.4 Å². The second-order valence-electron chi connectivity index (χ2n) is 5.99. The van der Waals surface area contributed by atoms with Gasteiger partial charge >= 0.3 is 6.03 Å². The number of carbonyl (C=O) groups excluding carboxylic acids is 3. The SMILES string of the molecule is CC(C)NC(=O)Nc1ccc(NC(=O)C(C)NC(=O)c2ccco2)cc1. The van der Waals surface area contributed by atoms with E-state index in [0.29, 0.717) is 11.4 Å². The van der Waals surface area contributed by atoms with Crippen molar-refractivity contribution < 1.29 is 18.8 Å². The molecule has 2 aromatic rings. The summed E-state index contributed by atoms with van der Waals surface area (Å²) in [5.41, 5.74) is 1.14. The van der Waals surface area contributed by atoms with Gasteiger partial charge < -0.3 is 25.7 Å². The van der Waals surface area contributed by atoms with Gasteiger partial charge in [-0.15, -0.1) is 0 Å². The van der Waals surface area contributed by atoms with Crippen LogP contribution in [0.2, 0.25) is 0 Å². The van der Waals surface area contributed by atoms with E-state index in [1.165, 1.54) is 12.3 Å². The van der Waals surface area contributed by atoms with E-state index in [4.69, 9.17) is 4.42 Å². The molecule has 4 N–H and O–H groups in total. The van der Waals surface area contributed by atoms with Crippen molar-refractivity contribution >= 4 is 29.2 Å². The number of benzene rings is 1. The molecule has 1 atom stereocenters. The minimum atomic E-state index is -0.748. The zero-order valence-electron chi connectivity index (χ0n) is 14.8. The van der Waals surface area contributed by atoms with Crippen molar-refractivity contribution in [1.29, 1.82) is 0 Å². The number of carbonyl (C=O) groups is 3. The maximum absolute atomic E-state index is 12.2. The molecule has 1 aromatic heterocycles. The number of hydrogen-bond donors (Lipinski definition) is 4. The van der Waals surface area contributed by atoms with Gasteiger partial charge in [0.1, 0.15) is 6.04 Å². The zero-order valence-corrected chi connectivity index (χ0v) is 14.8. The number of hydrogen-bond acceptors (Lipinski definition) is 4. The molecule has 8 heteroatoms. The van der Waals surface area contributed by atoms with E-state index in [-0.39, 0.29) is 23.7 Å². The Balaban J connectivity index is 1.86. The van der Waals surface area contributed by atoms with Gasteiger partial charge in [-0.25, -0.2) is 4.79 Å². The highest BCUT2D eigenvalue weighted by Gasteiger charge is 2.18. The molecular weight excluding hydrogens is 336 g/mol. The van der Waals surface area contributed by atoms with Crippen LogP contribution < -0.4 is 21.3 Å². The maximum atomic E-state index is 12.2. The highest BCUT2D eigenvalue weighted by atomic mass is 16.3. The Kier molecular flexibility index (Phi) is 6.37. The van der Waals surface area contributed by atoms with Gasteiger partial charge in [-0.1, -0.05) is 0 Å². The first-order chi connectivity index (χ1) is 12.3. The lowest BCUT2D eigenvalue weighted by Gasteiger charge is -2.14. The first-order valence-electron chi connectivity index (χ1n) is 8.18. The number of furan rings is 1. The van der Waals surface area contributed by atoms with Crippen LogP contribution in [-0.2, 0) is 4.79 Å². The second kappa shape index (κ2) is 8.70. The minimum absolute atomic E-state index is 0.0337. The Labute approximate surface area is 151 Å². The molecular formula is C18H22N4O4. The van der Waals surface area contributed by atoms with Crippen molar-refractivity contribution in [2.24, 2.45) is 0 Å².